The summed E-state index contributed by atoms with van der Waals surface area (Å²) >= 11 is 5.80. The Labute approximate surface area is 208 Å². The third-order valence-electron chi connectivity index (χ3n) is 7.65. The van der Waals surface area contributed by atoms with Gasteiger partial charge in [-0.25, -0.2) is 9.97 Å². The van der Waals surface area contributed by atoms with E-state index in [1.165, 1.54) is 115 Å². The van der Waals surface area contributed by atoms with Crippen LogP contribution in [0.4, 0.5) is 0 Å². The fourth-order valence-electron chi connectivity index (χ4n) is 5.47. The molecule has 1 saturated carbocycles. The Morgan fingerprint density at radius 2 is 1.18 bits per heavy atom. The third kappa shape index (κ3) is 9.77. The van der Waals surface area contributed by atoms with Crippen LogP contribution in [0.15, 0.2) is 36.7 Å². The lowest BCUT2D eigenvalue weighted by Crippen LogP contribution is -2.13. The Kier molecular flexibility index (Phi) is 12.3. The monoisotopic (exact) mass is 468 g/mol. The highest BCUT2D eigenvalue weighted by Crippen LogP contribution is 2.38. The van der Waals surface area contributed by atoms with Gasteiger partial charge in [0, 0.05) is 18.0 Å². The number of hydrogen-bond donors (Lipinski definition) is 0. The van der Waals surface area contributed by atoms with Gasteiger partial charge in [-0.2, -0.15) is 0 Å². The van der Waals surface area contributed by atoms with Gasteiger partial charge in [0.2, 0.25) is 5.28 Å². The van der Waals surface area contributed by atoms with Gasteiger partial charge in [0.15, 0.2) is 0 Å². The van der Waals surface area contributed by atoms with Gasteiger partial charge in [-0.1, -0.05) is 115 Å². The number of benzene rings is 1. The molecule has 1 aromatic heterocycles. The molecule has 1 aromatic carbocycles. The zero-order chi connectivity index (χ0) is 23.1. The van der Waals surface area contributed by atoms with Gasteiger partial charge < -0.3 is 0 Å². The van der Waals surface area contributed by atoms with Crippen LogP contribution in [0.3, 0.4) is 0 Å². The summed E-state index contributed by atoms with van der Waals surface area (Å²) in [7, 11) is 0. The number of halogens is 1. The van der Waals surface area contributed by atoms with E-state index >= 15 is 0 Å². The standard InChI is InChI=1S/C30H45ClN2/c1-2-3-4-5-6-7-8-9-10-11-12-13-14-25-15-17-26(18-16-25)27-19-21-28(22-20-27)29-23-32-30(31)33-24-29/h19-26H,2-18H2,1H3/t25-,26-. The van der Waals surface area contributed by atoms with Gasteiger partial charge in [0.25, 0.3) is 0 Å². The van der Waals surface area contributed by atoms with Gasteiger partial charge in [0.1, 0.15) is 0 Å². The van der Waals surface area contributed by atoms with Crippen LogP contribution in [0.5, 0.6) is 0 Å². The zero-order valence-corrected chi connectivity index (χ0v) is 21.7. The summed E-state index contributed by atoms with van der Waals surface area (Å²) in [5.41, 5.74) is 3.69. The largest absolute Gasteiger partial charge is 0.226 e. The highest BCUT2D eigenvalue weighted by atomic mass is 35.5. The quantitative estimate of drug-likeness (QED) is 0.192. The normalized spacial score (nSPS) is 18.5. The van der Waals surface area contributed by atoms with E-state index in [1.54, 1.807) is 12.4 Å². The van der Waals surface area contributed by atoms with Gasteiger partial charge in [0.05, 0.1) is 0 Å². The van der Waals surface area contributed by atoms with Crippen molar-refractivity contribution in [1.82, 2.24) is 9.97 Å². The Balaban J connectivity index is 1.22. The molecular formula is C30H45ClN2. The predicted molar refractivity (Wildman–Crippen MR) is 143 cm³/mol. The topological polar surface area (TPSA) is 25.8 Å². The van der Waals surface area contributed by atoms with Crippen LogP contribution in [0, 0.1) is 5.92 Å². The van der Waals surface area contributed by atoms with E-state index in [9.17, 15) is 0 Å². The first-order valence-electron chi connectivity index (χ1n) is 13.8. The maximum Gasteiger partial charge on any atom is 0.222 e. The van der Waals surface area contributed by atoms with Crippen molar-refractivity contribution in [3.63, 3.8) is 0 Å². The lowest BCUT2D eigenvalue weighted by molar-refractivity contribution is 0.301. The molecule has 1 aliphatic rings. The second-order valence-electron chi connectivity index (χ2n) is 10.3. The van der Waals surface area contributed by atoms with E-state index in [0.717, 1.165) is 23.0 Å². The summed E-state index contributed by atoms with van der Waals surface area (Å²) < 4.78 is 0. The number of aromatic nitrogens is 2. The maximum absolute atomic E-state index is 5.80. The minimum absolute atomic E-state index is 0.302. The molecule has 33 heavy (non-hydrogen) atoms. The second-order valence-corrected chi connectivity index (χ2v) is 10.6. The molecule has 0 aliphatic heterocycles. The number of unbranched alkanes of at least 4 members (excludes halogenated alkanes) is 11. The number of nitrogens with zero attached hydrogens (tertiary/aromatic N) is 2. The van der Waals surface area contributed by atoms with E-state index in [0.29, 0.717) is 5.28 Å². The van der Waals surface area contributed by atoms with Crippen LogP contribution in [0.25, 0.3) is 11.1 Å². The summed E-state index contributed by atoms with van der Waals surface area (Å²) in [6, 6.07) is 9.03. The van der Waals surface area contributed by atoms with Gasteiger partial charge in [-0.15, -0.1) is 0 Å². The molecule has 3 heteroatoms. The van der Waals surface area contributed by atoms with Crippen molar-refractivity contribution in [3.05, 3.63) is 47.5 Å². The first-order chi connectivity index (χ1) is 16.3. The first kappa shape index (κ1) is 26.2. The summed E-state index contributed by atoms with van der Waals surface area (Å²) in [5, 5.41) is 0.302. The minimum atomic E-state index is 0.302. The molecule has 1 heterocycles. The molecule has 3 rings (SSSR count). The zero-order valence-electron chi connectivity index (χ0n) is 20.9. The van der Waals surface area contributed by atoms with Crippen LogP contribution in [0.1, 0.15) is 128 Å². The molecule has 182 valence electrons. The Morgan fingerprint density at radius 3 is 1.73 bits per heavy atom. The predicted octanol–water partition coefficient (Wildman–Crippen LogP) is 10.2. The molecule has 0 N–H and O–H groups in total. The molecule has 0 atom stereocenters. The average molecular weight is 469 g/mol. The van der Waals surface area contributed by atoms with Crippen molar-refractivity contribution in [2.75, 3.05) is 0 Å². The second kappa shape index (κ2) is 15.5. The Morgan fingerprint density at radius 1 is 0.667 bits per heavy atom. The highest BCUT2D eigenvalue weighted by molar-refractivity contribution is 6.28. The maximum atomic E-state index is 5.80. The van der Waals surface area contributed by atoms with Crippen LogP contribution in [-0.2, 0) is 0 Å². The lowest BCUT2D eigenvalue weighted by Gasteiger charge is -2.29. The Bertz CT molecular complexity index is 748. The van der Waals surface area contributed by atoms with Crippen molar-refractivity contribution in [2.24, 2.45) is 5.92 Å². The third-order valence-corrected chi connectivity index (χ3v) is 7.84. The lowest BCUT2D eigenvalue weighted by atomic mass is 9.77. The van der Waals surface area contributed by atoms with Crippen molar-refractivity contribution >= 4 is 11.6 Å². The van der Waals surface area contributed by atoms with E-state index in [4.69, 9.17) is 11.6 Å². The molecule has 2 aromatic rings. The molecule has 0 radical (unpaired) electrons. The first-order valence-corrected chi connectivity index (χ1v) is 14.2. The molecule has 2 nitrogen and oxygen atoms in total. The van der Waals surface area contributed by atoms with Gasteiger partial charge in [-0.3, -0.25) is 0 Å². The Hall–Kier alpha value is -1.41. The molecule has 1 fully saturated rings. The van der Waals surface area contributed by atoms with Gasteiger partial charge in [-0.05, 0) is 60.2 Å². The molecule has 0 saturated heterocycles. The fraction of sp³-hybridized carbons (Fsp3) is 0.667. The fourth-order valence-corrected chi connectivity index (χ4v) is 5.57. The van der Waals surface area contributed by atoms with E-state index < -0.39 is 0 Å². The summed E-state index contributed by atoms with van der Waals surface area (Å²) in [4.78, 5) is 8.19. The van der Waals surface area contributed by atoms with Crippen molar-refractivity contribution < 1.29 is 0 Å². The van der Waals surface area contributed by atoms with Crippen molar-refractivity contribution in [3.8, 4) is 11.1 Å². The minimum Gasteiger partial charge on any atom is -0.226 e. The van der Waals surface area contributed by atoms with Crippen LogP contribution < -0.4 is 0 Å². The molecule has 0 unspecified atom stereocenters. The highest BCUT2D eigenvalue weighted by Gasteiger charge is 2.22. The van der Waals surface area contributed by atoms with Crippen LogP contribution in [0.2, 0.25) is 5.28 Å². The average Bonchev–Trinajstić information content (AvgIpc) is 2.86. The smallest absolute Gasteiger partial charge is 0.222 e. The van der Waals surface area contributed by atoms with Crippen LogP contribution >= 0.6 is 11.6 Å². The number of hydrogen-bond acceptors (Lipinski definition) is 2. The van der Waals surface area contributed by atoms with Crippen LogP contribution in [-0.4, -0.2) is 9.97 Å². The van der Waals surface area contributed by atoms with Crippen molar-refractivity contribution in [1.29, 1.82) is 0 Å². The number of rotatable bonds is 15. The summed E-state index contributed by atoms with van der Waals surface area (Å²) in [6.45, 7) is 2.30. The van der Waals surface area contributed by atoms with E-state index in [1.807, 2.05) is 0 Å². The summed E-state index contributed by atoms with van der Waals surface area (Å²) in [6.07, 6.45) is 27.9. The summed E-state index contributed by atoms with van der Waals surface area (Å²) in [5.74, 6) is 1.70. The van der Waals surface area contributed by atoms with Crippen molar-refractivity contribution in [2.45, 2.75) is 122 Å². The van der Waals surface area contributed by atoms with E-state index in [2.05, 4.69) is 41.2 Å². The molecule has 0 spiro atoms. The SMILES string of the molecule is CCCCCCCCCCCCCC[C@H]1CC[C@H](c2ccc(-c3cnc(Cl)nc3)cc2)CC1. The molecule has 0 amide bonds. The van der Waals surface area contributed by atoms with Gasteiger partial charge >= 0.3 is 0 Å². The molecular weight excluding hydrogens is 424 g/mol. The molecule has 0 bridgehead atoms. The van der Waals surface area contributed by atoms with E-state index in [-0.39, 0.29) is 0 Å². The molecule has 1 aliphatic carbocycles.